The number of carbonyl (C=O) groups is 1. The zero-order valence-electron chi connectivity index (χ0n) is 10.9. The molecular formula is C14H19FO4. The topological polar surface area (TPSA) is 66.8 Å². The van der Waals surface area contributed by atoms with Crippen LogP contribution in [0.3, 0.4) is 0 Å². The Kier molecular flexibility index (Phi) is 6.45. The van der Waals surface area contributed by atoms with Gasteiger partial charge in [0.1, 0.15) is 5.82 Å². The fourth-order valence-corrected chi connectivity index (χ4v) is 1.85. The highest BCUT2D eigenvalue weighted by Gasteiger charge is 2.23. The normalized spacial score (nSPS) is 14.1. The summed E-state index contributed by atoms with van der Waals surface area (Å²) in [6.45, 7) is 2.35. The monoisotopic (exact) mass is 270 g/mol. The molecule has 2 unspecified atom stereocenters. The average molecular weight is 270 g/mol. The summed E-state index contributed by atoms with van der Waals surface area (Å²) in [5, 5.41) is 18.8. The third kappa shape index (κ3) is 5.36. The van der Waals surface area contributed by atoms with Gasteiger partial charge in [-0.05, 0) is 31.4 Å². The van der Waals surface area contributed by atoms with Gasteiger partial charge in [0.2, 0.25) is 0 Å². The molecule has 0 aliphatic heterocycles. The van der Waals surface area contributed by atoms with Crippen LogP contribution in [0.25, 0.3) is 0 Å². The van der Waals surface area contributed by atoms with Crippen molar-refractivity contribution in [1.29, 1.82) is 0 Å². The average Bonchev–Trinajstić information content (AvgIpc) is 2.38. The minimum absolute atomic E-state index is 0.0453. The minimum Gasteiger partial charge on any atom is -0.481 e. The zero-order valence-corrected chi connectivity index (χ0v) is 10.9. The number of hydrogen-bond donors (Lipinski definition) is 2. The molecule has 4 nitrogen and oxygen atoms in total. The van der Waals surface area contributed by atoms with E-state index in [4.69, 9.17) is 9.84 Å². The first-order chi connectivity index (χ1) is 9.04. The predicted molar refractivity (Wildman–Crippen MR) is 68.3 cm³/mol. The van der Waals surface area contributed by atoms with E-state index in [1.807, 2.05) is 0 Å². The van der Waals surface area contributed by atoms with Gasteiger partial charge in [-0.1, -0.05) is 18.2 Å². The quantitative estimate of drug-likeness (QED) is 0.756. The number of aliphatic hydroxyl groups excluding tert-OH is 1. The molecule has 5 heteroatoms. The summed E-state index contributed by atoms with van der Waals surface area (Å²) in [6, 6.07) is 6.07. The van der Waals surface area contributed by atoms with E-state index in [2.05, 4.69) is 0 Å². The fraction of sp³-hybridized carbons (Fsp3) is 0.500. The Morgan fingerprint density at radius 1 is 1.42 bits per heavy atom. The first kappa shape index (κ1) is 15.6. The van der Waals surface area contributed by atoms with Crippen molar-refractivity contribution in [3.63, 3.8) is 0 Å². The molecule has 0 aliphatic carbocycles. The third-order valence-electron chi connectivity index (χ3n) is 2.84. The van der Waals surface area contributed by atoms with Crippen molar-refractivity contribution in [2.75, 3.05) is 13.2 Å². The number of ether oxygens (including phenoxy) is 1. The SMILES string of the molecule is CCOCC(O)CC(Cc1ccccc1F)C(=O)O. The number of benzene rings is 1. The molecule has 1 rings (SSSR count). The summed E-state index contributed by atoms with van der Waals surface area (Å²) in [6.07, 6.45) is -0.748. The maximum Gasteiger partial charge on any atom is 0.306 e. The molecule has 0 fully saturated rings. The van der Waals surface area contributed by atoms with Crippen LogP contribution >= 0.6 is 0 Å². The molecular weight excluding hydrogens is 251 g/mol. The standard InChI is InChI=1S/C14H19FO4/c1-2-19-9-12(16)8-11(14(17)18)7-10-5-3-4-6-13(10)15/h3-6,11-12,16H,2,7-9H2,1H3,(H,17,18). The maximum absolute atomic E-state index is 13.5. The van der Waals surface area contributed by atoms with Crippen molar-refractivity contribution in [3.8, 4) is 0 Å². The van der Waals surface area contributed by atoms with Crippen molar-refractivity contribution in [2.45, 2.75) is 25.9 Å². The number of rotatable bonds is 8. The highest BCUT2D eigenvalue weighted by Crippen LogP contribution is 2.17. The smallest absolute Gasteiger partial charge is 0.306 e. The lowest BCUT2D eigenvalue weighted by atomic mass is 9.93. The first-order valence-corrected chi connectivity index (χ1v) is 6.26. The van der Waals surface area contributed by atoms with Crippen LogP contribution in [0.5, 0.6) is 0 Å². The van der Waals surface area contributed by atoms with E-state index in [9.17, 15) is 14.3 Å². The van der Waals surface area contributed by atoms with E-state index in [0.29, 0.717) is 12.2 Å². The first-order valence-electron chi connectivity index (χ1n) is 6.26. The highest BCUT2D eigenvalue weighted by atomic mass is 19.1. The van der Waals surface area contributed by atoms with Gasteiger partial charge < -0.3 is 14.9 Å². The lowest BCUT2D eigenvalue weighted by Crippen LogP contribution is -2.26. The second kappa shape index (κ2) is 7.86. The fourth-order valence-electron chi connectivity index (χ4n) is 1.85. The molecule has 2 atom stereocenters. The molecule has 19 heavy (non-hydrogen) atoms. The Bertz CT molecular complexity index is 408. The van der Waals surface area contributed by atoms with Crippen LogP contribution in [0.2, 0.25) is 0 Å². The number of aliphatic hydroxyl groups is 1. The molecule has 106 valence electrons. The molecule has 0 bridgehead atoms. The summed E-state index contributed by atoms with van der Waals surface area (Å²) in [4.78, 5) is 11.2. The molecule has 0 saturated heterocycles. The van der Waals surface area contributed by atoms with Crippen LogP contribution in [-0.2, 0) is 16.0 Å². The van der Waals surface area contributed by atoms with Gasteiger partial charge in [0.15, 0.2) is 0 Å². The van der Waals surface area contributed by atoms with Crippen LogP contribution in [-0.4, -0.2) is 35.5 Å². The Hall–Kier alpha value is -1.46. The van der Waals surface area contributed by atoms with Gasteiger partial charge in [-0.15, -0.1) is 0 Å². The summed E-state index contributed by atoms with van der Waals surface area (Å²) >= 11 is 0. The summed E-state index contributed by atoms with van der Waals surface area (Å²) in [7, 11) is 0. The van der Waals surface area contributed by atoms with Crippen LogP contribution in [0.15, 0.2) is 24.3 Å². The van der Waals surface area contributed by atoms with Gasteiger partial charge in [0.05, 0.1) is 18.6 Å². The molecule has 0 aliphatic rings. The Morgan fingerprint density at radius 2 is 2.11 bits per heavy atom. The summed E-state index contributed by atoms with van der Waals surface area (Å²) < 4.78 is 18.5. The van der Waals surface area contributed by atoms with E-state index in [1.165, 1.54) is 6.07 Å². The van der Waals surface area contributed by atoms with Gasteiger partial charge in [-0.25, -0.2) is 4.39 Å². The van der Waals surface area contributed by atoms with Gasteiger partial charge in [-0.2, -0.15) is 0 Å². The predicted octanol–water partition coefficient (Wildman–Crippen LogP) is 1.86. The van der Waals surface area contributed by atoms with Crippen molar-refractivity contribution in [3.05, 3.63) is 35.6 Å². The highest BCUT2D eigenvalue weighted by molar-refractivity contribution is 5.70. The molecule has 2 N–H and O–H groups in total. The van der Waals surface area contributed by atoms with E-state index in [1.54, 1.807) is 25.1 Å². The third-order valence-corrected chi connectivity index (χ3v) is 2.84. The van der Waals surface area contributed by atoms with Gasteiger partial charge in [0, 0.05) is 6.61 Å². The molecule has 0 spiro atoms. The van der Waals surface area contributed by atoms with Crippen LogP contribution in [0.1, 0.15) is 18.9 Å². The van der Waals surface area contributed by atoms with Gasteiger partial charge in [0.25, 0.3) is 0 Å². The lowest BCUT2D eigenvalue weighted by molar-refractivity contribution is -0.143. The van der Waals surface area contributed by atoms with E-state index in [-0.39, 0.29) is 19.4 Å². The van der Waals surface area contributed by atoms with Crippen molar-refractivity contribution in [1.82, 2.24) is 0 Å². The summed E-state index contributed by atoms with van der Waals surface area (Å²) in [5.74, 6) is -2.29. The van der Waals surface area contributed by atoms with Gasteiger partial charge in [-0.3, -0.25) is 4.79 Å². The van der Waals surface area contributed by atoms with Crippen LogP contribution in [0.4, 0.5) is 4.39 Å². The second-order valence-electron chi connectivity index (χ2n) is 4.38. The zero-order chi connectivity index (χ0) is 14.3. The molecule has 1 aromatic carbocycles. The maximum atomic E-state index is 13.5. The molecule has 0 radical (unpaired) electrons. The van der Waals surface area contributed by atoms with Crippen LogP contribution < -0.4 is 0 Å². The molecule has 0 heterocycles. The largest absolute Gasteiger partial charge is 0.481 e. The number of aliphatic carboxylic acids is 1. The van der Waals surface area contributed by atoms with Crippen LogP contribution in [0, 0.1) is 11.7 Å². The van der Waals surface area contributed by atoms with E-state index in [0.717, 1.165) is 0 Å². The number of carboxylic acids is 1. The molecule has 0 saturated carbocycles. The second-order valence-corrected chi connectivity index (χ2v) is 4.38. The number of halogens is 1. The summed E-state index contributed by atoms with van der Waals surface area (Å²) in [5.41, 5.74) is 0.346. The lowest BCUT2D eigenvalue weighted by Gasteiger charge is -2.17. The van der Waals surface area contributed by atoms with E-state index < -0.39 is 23.8 Å². The molecule has 0 aromatic heterocycles. The Morgan fingerprint density at radius 3 is 2.68 bits per heavy atom. The van der Waals surface area contributed by atoms with Crippen molar-refractivity contribution >= 4 is 5.97 Å². The number of hydrogen-bond acceptors (Lipinski definition) is 3. The number of carboxylic acid groups (broad SMARTS) is 1. The molecule has 0 amide bonds. The molecule has 1 aromatic rings. The van der Waals surface area contributed by atoms with Crippen molar-refractivity contribution in [2.24, 2.45) is 5.92 Å². The van der Waals surface area contributed by atoms with E-state index >= 15 is 0 Å². The van der Waals surface area contributed by atoms with Gasteiger partial charge >= 0.3 is 5.97 Å². The minimum atomic E-state index is -1.04. The van der Waals surface area contributed by atoms with Crippen molar-refractivity contribution < 1.29 is 24.1 Å². The Labute approximate surface area is 111 Å². The Balaban J connectivity index is 2.63.